The van der Waals surface area contributed by atoms with Crippen LogP contribution >= 0.6 is 11.8 Å². The Morgan fingerprint density at radius 1 is 1.33 bits per heavy atom. The van der Waals surface area contributed by atoms with Crippen molar-refractivity contribution in [2.75, 3.05) is 44.5 Å². The molecule has 3 unspecified atom stereocenters. The predicted molar refractivity (Wildman–Crippen MR) is 94.5 cm³/mol. The molecular weight excluding hydrogens is 326 g/mol. The molecule has 0 aromatic heterocycles. The van der Waals surface area contributed by atoms with E-state index in [0.717, 1.165) is 34.9 Å². The molecule has 0 bridgehead atoms. The predicted octanol–water partition coefficient (Wildman–Crippen LogP) is 0.727. The van der Waals surface area contributed by atoms with Gasteiger partial charge in [0.15, 0.2) is 0 Å². The lowest BCUT2D eigenvalue weighted by atomic mass is 9.92. The Morgan fingerprint density at radius 2 is 2.12 bits per heavy atom. The van der Waals surface area contributed by atoms with Crippen molar-refractivity contribution >= 4 is 23.1 Å². The van der Waals surface area contributed by atoms with E-state index in [1.54, 1.807) is 11.8 Å². The summed E-state index contributed by atoms with van der Waals surface area (Å²) in [5, 5.41) is 35.3. The third kappa shape index (κ3) is 3.31. The van der Waals surface area contributed by atoms with E-state index in [1.807, 2.05) is 31.1 Å². The van der Waals surface area contributed by atoms with Crippen molar-refractivity contribution < 1.29 is 10.2 Å². The van der Waals surface area contributed by atoms with Gasteiger partial charge < -0.3 is 25.7 Å². The van der Waals surface area contributed by atoms with E-state index in [4.69, 9.17) is 0 Å². The number of thioether (sulfide) groups is 1. The second kappa shape index (κ2) is 7.17. The first-order valence-corrected chi connectivity index (χ1v) is 8.84. The molecule has 8 heteroatoms. The maximum Gasteiger partial charge on any atom is 0.140 e. The standard InChI is InChI=1S/C16H23N5O2S/c1-20(2)5-6-21(9-22)16-19-14-11-7-10(8-17)15(23)18-12(11)3-4-13(14)24-16/h3-4,10,15-16,18-19,22-23H,5-7,9H2,1-2H3. The van der Waals surface area contributed by atoms with Crippen LogP contribution in [0.4, 0.5) is 11.4 Å². The number of rotatable bonds is 5. The molecule has 0 amide bonds. The van der Waals surface area contributed by atoms with Gasteiger partial charge in [-0.3, -0.25) is 4.90 Å². The highest BCUT2D eigenvalue weighted by Gasteiger charge is 2.34. The molecule has 3 rings (SSSR count). The minimum Gasteiger partial charge on any atom is -0.381 e. The highest BCUT2D eigenvalue weighted by Crippen LogP contribution is 2.46. The van der Waals surface area contributed by atoms with Gasteiger partial charge >= 0.3 is 0 Å². The highest BCUT2D eigenvalue weighted by molar-refractivity contribution is 8.00. The third-order valence-corrected chi connectivity index (χ3v) is 5.64. The first-order valence-electron chi connectivity index (χ1n) is 7.96. The molecule has 130 valence electrons. The zero-order chi connectivity index (χ0) is 17.3. The smallest absolute Gasteiger partial charge is 0.140 e. The number of nitrogens with one attached hydrogen (secondary N) is 2. The van der Waals surface area contributed by atoms with Crippen molar-refractivity contribution in [1.29, 1.82) is 5.26 Å². The number of hydrogen-bond acceptors (Lipinski definition) is 8. The molecule has 0 fully saturated rings. The van der Waals surface area contributed by atoms with Crippen LogP contribution in [0.15, 0.2) is 17.0 Å². The second-order valence-electron chi connectivity index (χ2n) is 6.37. The number of aliphatic hydroxyl groups is 2. The average Bonchev–Trinajstić information content (AvgIpc) is 2.98. The molecule has 2 heterocycles. The van der Waals surface area contributed by atoms with Crippen LogP contribution in [0.1, 0.15) is 5.56 Å². The van der Waals surface area contributed by atoms with Gasteiger partial charge in [-0.05, 0) is 32.6 Å². The molecule has 0 saturated carbocycles. The number of aliphatic hydroxyl groups excluding tert-OH is 2. The van der Waals surface area contributed by atoms with E-state index in [0.29, 0.717) is 6.42 Å². The molecule has 2 aliphatic rings. The summed E-state index contributed by atoms with van der Waals surface area (Å²) in [6.07, 6.45) is -0.320. The molecule has 2 aliphatic heterocycles. The minimum atomic E-state index is -0.834. The molecule has 0 aliphatic carbocycles. The summed E-state index contributed by atoms with van der Waals surface area (Å²) in [6.45, 7) is 1.59. The lowest BCUT2D eigenvalue weighted by Crippen LogP contribution is -2.41. The van der Waals surface area contributed by atoms with Crippen molar-refractivity contribution in [3.63, 3.8) is 0 Å². The summed E-state index contributed by atoms with van der Waals surface area (Å²) in [4.78, 5) is 5.17. The molecule has 3 atom stereocenters. The van der Waals surface area contributed by atoms with Crippen molar-refractivity contribution in [2.45, 2.75) is 23.0 Å². The van der Waals surface area contributed by atoms with Crippen LogP contribution in [-0.2, 0) is 6.42 Å². The number of likely N-dealkylation sites (N-methyl/N-ethyl adjacent to an activating group) is 1. The zero-order valence-electron chi connectivity index (χ0n) is 13.9. The van der Waals surface area contributed by atoms with Crippen LogP contribution in [-0.4, -0.2) is 65.7 Å². The van der Waals surface area contributed by atoms with Crippen LogP contribution in [0.2, 0.25) is 0 Å². The normalized spacial score (nSPS) is 25.0. The lowest BCUT2D eigenvalue weighted by molar-refractivity contribution is 0.0981. The van der Waals surface area contributed by atoms with Gasteiger partial charge in [0.25, 0.3) is 0 Å². The van der Waals surface area contributed by atoms with Crippen LogP contribution in [0.25, 0.3) is 0 Å². The molecule has 0 saturated heterocycles. The summed E-state index contributed by atoms with van der Waals surface area (Å²) in [6, 6.07) is 6.12. The van der Waals surface area contributed by atoms with Crippen molar-refractivity contribution in [1.82, 2.24) is 9.80 Å². The molecule has 0 radical (unpaired) electrons. The summed E-state index contributed by atoms with van der Waals surface area (Å²) >= 11 is 1.67. The maximum atomic E-state index is 9.96. The van der Waals surface area contributed by atoms with E-state index in [2.05, 4.69) is 21.6 Å². The van der Waals surface area contributed by atoms with Gasteiger partial charge in [-0.25, -0.2) is 0 Å². The minimum absolute atomic E-state index is 0.0214. The zero-order valence-corrected chi connectivity index (χ0v) is 14.7. The molecule has 4 N–H and O–H groups in total. The Labute approximate surface area is 146 Å². The molecule has 7 nitrogen and oxygen atoms in total. The SMILES string of the molecule is CN(C)CCN(CO)C1Nc2c(ccc3c2CC(C#N)C(O)N3)S1. The topological polar surface area (TPSA) is 94.8 Å². The van der Waals surface area contributed by atoms with Gasteiger partial charge in [-0.1, -0.05) is 11.8 Å². The van der Waals surface area contributed by atoms with Gasteiger partial charge in [-0.15, -0.1) is 0 Å². The molecule has 24 heavy (non-hydrogen) atoms. The Hall–Kier alpha value is -1.50. The van der Waals surface area contributed by atoms with E-state index in [9.17, 15) is 15.5 Å². The summed E-state index contributed by atoms with van der Waals surface area (Å²) in [5.74, 6) is -0.461. The van der Waals surface area contributed by atoms with Crippen LogP contribution in [0.3, 0.4) is 0 Å². The third-order valence-electron chi connectivity index (χ3n) is 4.40. The maximum absolute atomic E-state index is 9.96. The van der Waals surface area contributed by atoms with Crippen molar-refractivity contribution in [2.24, 2.45) is 5.92 Å². The van der Waals surface area contributed by atoms with Crippen molar-refractivity contribution in [3.8, 4) is 6.07 Å². The number of hydrogen-bond donors (Lipinski definition) is 4. The van der Waals surface area contributed by atoms with Gasteiger partial charge in [-0.2, -0.15) is 5.26 Å². The summed E-state index contributed by atoms with van der Waals surface area (Å²) < 4.78 is 0. The second-order valence-corrected chi connectivity index (χ2v) is 7.49. The fraction of sp³-hybridized carbons (Fsp3) is 0.562. The number of fused-ring (bicyclic) bond motifs is 3. The fourth-order valence-electron chi connectivity index (χ4n) is 2.97. The van der Waals surface area contributed by atoms with E-state index < -0.39 is 12.1 Å². The number of nitrogens with zero attached hydrogens (tertiary/aromatic N) is 3. The molecule has 1 aromatic carbocycles. The average molecular weight is 349 g/mol. The number of nitriles is 1. The van der Waals surface area contributed by atoms with Gasteiger partial charge in [0.1, 0.15) is 11.7 Å². The largest absolute Gasteiger partial charge is 0.381 e. The number of anilines is 2. The molecular formula is C16H23N5O2S. The van der Waals surface area contributed by atoms with Gasteiger partial charge in [0.05, 0.1) is 24.4 Å². The fourth-order valence-corrected chi connectivity index (χ4v) is 4.15. The van der Waals surface area contributed by atoms with E-state index >= 15 is 0 Å². The number of benzene rings is 1. The monoisotopic (exact) mass is 349 g/mol. The Morgan fingerprint density at radius 3 is 2.79 bits per heavy atom. The van der Waals surface area contributed by atoms with Crippen LogP contribution < -0.4 is 10.6 Å². The first kappa shape index (κ1) is 17.3. The van der Waals surface area contributed by atoms with E-state index in [-0.39, 0.29) is 12.2 Å². The van der Waals surface area contributed by atoms with Crippen molar-refractivity contribution in [3.05, 3.63) is 17.7 Å². The summed E-state index contributed by atoms with van der Waals surface area (Å²) in [5.41, 5.74) is 2.87. The Balaban J connectivity index is 1.79. The molecule has 0 spiro atoms. The first-order chi connectivity index (χ1) is 11.5. The Bertz CT molecular complexity index is 648. The highest BCUT2D eigenvalue weighted by atomic mass is 32.2. The summed E-state index contributed by atoms with van der Waals surface area (Å²) in [7, 11) is 4.02. The Kier molecular flexibility index (Phi) is 5.18. The molecule has 1 aromatic rings. The van der Waals surface area contributed by atoms with Gasteiger partial charge in [0.2, 0.25) is 0 Å². The van der Waals surface area contributed by atoms with Crippen LogP contribution in [0, 0.1) is 17.2 Å². The lowest BCUT2D eigenvalue weighted by Gasteiger charge is -2.29. The van der Waals surface area contributed by atoms with Crippen LogP contribution in [0.5, 0.6) is 0 Å². The van der Waals surface area contributed by atoms with E-state index in [1.165, 1.54) is 0 Å². The quantitative estimate of drug-likeness (QED) is 0.578. The van der Waals surface area contributed by atoms with Gasteiger partial charge in [0, 0.05) is 29.2 Å².